The summed E-state index contributed by atoms with van der Waals surface area (Å²) in [6.07, 6.45) is 2.27. The van der Waals surface area contributed by atoms with Gasteiger partial charge in [0.1, 0.15) is 0 Å². The quantitative estimate of drug-likeness (QED) is 0.573. The van der Waals surface area contributed by atoms with E-state index in [1.54, 1.807) is 11.8 Å². The van der Waals surface area contributed by atoms with Crippen LogP contribution in [0.5, 0.6) is 0 Å². The molecule has 1 atom stereocenters. The molecule has 0 spiro atoms. The summed E-state index contributed by atoms with van der Waals surface area (Å²) in [5.74, 6) is 1.04. The summed E-state index contributed by atoms with van der Waals surface area (Å²) < 4.78 is 0. The number of hydrogen-bond acceptors (Lipinski definition) is 3. The molecule has 0 aliphatic heterocycles. The molecule has 0 aliphatic rings. The van der Waals surface area contributed by atoms with Gasteiger partial charge in [0.15, 0.2) is 0 Å². The first kappa shape index (κ1) is 16.3. The van der Waals surface area contributed by atoms with Crippen molar-refractivity contribution >= 4 is 29.3 Å². The van der Waals surface area contributed by atoms with E-state index in [1.165, 1.54) is 4.90 Å². The maximum Gasteiger partial charge on any atom is 0.220 e. The fraction of sp³-hybridized carbons (Fsp3) is 0.500. The molecule has 0 bridgehead atoms. The smallest absolute Gasteiger partial charge is 0.220 e. The highest BCUT2D eigenvalue weighted by molar-refractivity contribution is 7.99. The number of nitrogens with two attached hydrogens (primary N) is 1. The van der Waals surface area contributed by atoms with E-state index >= 15 is 0 Å². The lowest BCUT2D eigenvalue weighted by Gasteiger charge is -2.07. The molecule has 0 radical (unpaired) electrons. The molecule has 0 aromatic heterocycles. The van der Waals surface area contributed by atoms with Crippen molar-refractivity contribution in [3.63, 3.8) is 0 Å². The van der Waals surface area contributed by atoms with Crippen LogP contribution in [0.2, 0.25) is 5.02 Å². The van der Waals surface area contributed by atoms with Gasteiger partial charge in [-0.2, -0.15) is 0 Å². The van der Waals surface area contributed by atoms with Gasteiger partial charge in [-0.05, 0) is 49.8 Å². The molecule has 1 amide bonds. The van der Waals surface area contributed by atoms with Gasteiger partial charge < -0.3 is 11.1 Å². The largest absolute Gasteiger partial charge is 0.356 e. The first-order valence-corrected chi connectivity index (χ1v) is 7.85. The zero-order chi connectivity index (χ0) is 14.1. The highest BCUT2D eigenvalue weighted by Gasteiger charge is 2.02. The van der Waals surface area contributed by atoms with E-state index in [2.05, 4.69) is 5.32 Å². The Balaban J connectivity index is 2.07. The topological polar surface area (TPSA) is 55.1 Å². The number of carbonyl (C=O) groups is 1. The third kappa shape index (κ3) is 8.14. The van der Waals surface area contributed by atoms with E-state index in [1.807, 2.05) is 31.2 Å². The second-order valence-electron chi connectivity index (χ2n) is 4.52. The number of hydrogen-bond donors (Lipinski definition) is 2. The number of halogens is 1. The molecule has 3 nitrogen and oxygen atoms in total. The zero-order valence-electron chi connectivity index (χ0n) is 11.2. The van der Waals surface area contributed by atoms with E-state index < -0.39 is 0 Å². The fourth-order valence-corrected chi connectivity index (χ4v) is 2.46. The van der Waals surface area contributed by atoms with Gasteiger partial charge >= 0.3 is 0 Å². The maximum absolute atomic E-state index is 11.5. The first-order valence-electron chi connectivity index (χ1n) is 6.48. The average Bonchev–Trinajstić information content (AvgIpc) is 2.36. The number of amides is 1. The lowest BCUT2D eigenvalue weighted by atomic mass is 10.2. The van der Waals surface area contributed by atoms with Crippen molar-refractivity contribution in [3.05, 3.63) is 29.3 Å². The van der Waals surface area contributed by atoms with E-state index in [-0.39, 0.29) is 11.9 Å². The molecule has 0 heterocycles. The van der Waals surface area contributed by atoms with Gasteiger partial charge in [0, 0.05) is 28.9 Å². The van der Waals surface area contributed by atoms with Crippen LogP contribution in [0.15, 0.2) is 29.2 Å². The van der Waals surface area contributed by atoms with Gasteiger partial charge in [0.05, 0.1) is 0 Å². The Bertz CT molecular complexity index is 382. The van der Waals surface area contributed by atoms with Crippen LogP contribution in [-0.2, 0) is 4.79 Å². The van der Waals surface area contributed by atoms with Crippen molar-refractivity contribution in [1.82, 2.24) is 5.32 Å². The Labute approximate surface area is 124 Å². The minimum absolute atomic E-state index is 0.109. The first-order chi connectivity index (χ1) is 9.08. The predicted octanol–water partition coefficient (Wildman–Crippen LogP) is 3.07. The summed E-state index contributed by atoms with van der Waals surface area (Å²) in [7, 11) is 0. The second kappa shape index (κ2) is 9.23. The molecule has 1 rings (SSSR count). The summed E-state index contributed by atoms with van der Waals surface area (Å²) in [5.41, 5.74) is 5.61. The Hall–Kier alpha value is -0.710. The van der Waals surface area contributed by atoms with Crippen LogP contribution in [0.1, 0.15) is 26.2 Å². The van der Waals surface area contributed by atoms with Gasteiger partial charge in [-0.3, -0.25) is 4.79 Å². The highest BCUT2D eigenvalue weighted by Crippen LogP contribution is 2.21. The normalized spacial score (nSPS) is 12.2. The number of benzene rings is 1. The van der Waals surface area contributed by atoms with Gasteiger partial charge in [0.2, 0.25) is 5.91 Å². The van der Waals surface area contributed by atoms with Crippen molar-refractivity contribution in [2.75, 3.05) is 12.3 Å². The van der Waals surface area contributed by atoms with E-state index in [4.69, 9.17) is 17.3 Å². The zero-order valence-corrected chi connectivity index (χ0v) is 12.8. The van der Waals surface area contributed by atoms with Crippen LogP contribution in [0.25, 0.3) is 0 Å². The van der Waals surface area contributed by atoms with Crippen LogP contribution < -0.4 is 11.1 Å². The molecule has 5 heteroatoms. The fourth-order valence-electron chi connectivity index (χ4n) is 1.48. The van der Waals surface area contributed by atoms with Gasteiger partial charge in [-0.1, -0.05) is 11.6 Å². The Morgan fingerprint density at radius 2 is 2.11 bits per heavy atom. The third-order valence-electron chi connectivity index (χ3n) is 2.55. The Morgan fingerprint density at radius 3 is 2.74 bits per heavy atom. The van der Waals surface area contributed by atoms with Crippen molar-refractivity contribution < 1.29 is 4.79 Å². The molecule has 1 aromatic rings. The lowest BCUT2D eigenvalue weighted by Crippen LogP contribution is -2.28. The van der Waals surface area contributed by atoms with Crippen molar-refractivity contribution in [3.8, 4) is 0 Å². The van der Waals surface area contributed by atoms with E-state index in [9.17, 15) is 4.79 Å². The molecule has 106 valence electrons. The van der Waals surface area contributed by atoms with Crippen molar-refractivity contribution in [2.24, 2.45) is 5.73 Å². The van der Waals surface area contributed by atoms with Crippen LogP contribution in [0.3, 0.4) is 0 Å². The number of nitrogens with one attached hydrogen (secondary N) is 1. The molecule has 0 fully saturated rings. The van der Waals surface area contributed by atoms with Crippen LogP contribution in [0.4, 0.5) is 0 Å². The molecule has 19 heavy (non-hydrogen) atoms. The predicted molar refractivity (Wildman–Crippen MR) is 82.7 cm³/mol. The molecule has 0 saturated carbocycles. The number of rotatable bonds is 8. The third-order valence-corrected chi connectivity index (χ3v) is 3.90. The average molecular weight is 301 g/mol. The van der Waals surface area contributed by atoms with Crippen LogP contribution >= 0.6 is 23.4 Å². The summed E-state index contributed by atoms with van der Waals surface area (Å²) >= 11 is 7.56. The molecule has 1 aromatic carbocycles. The highest BCUT2D eigenvalue weighted by atomic mass is 35.5. The number of carbonyl (C=O) groups excluding carboxylic acids is 1. The molecular formula is C14H21ClN2OS. The Morgan fingerprint density at radius 1 is 1.42 bits per heavy atom. The van der Waals surface area contributed by atoms with Crippen molar-refractivity contribution in [2.45, 2.75) is 37.1 Å². The summed E-state index contributed by atoms with van der Waals surface area (Å²) in [6, 6.07) is 7.89. The van der Waals surface area contributed by atoms with E-state index in [0.717, 1.165) is 23.6 Å². The van der Waals surface area contributed by atoms with Gasteiger partial charge in [0.25, 0.3) is 0 Å². The van der Waals surface area contributed by atoms with Gasteiger partial charge in [-0.25, -0.2) is 0 Å². The standard InChI is InChI=1S/C14H21ClN2OS/c1-11(16)8-9-17-14(18)3-2-10-19-13-6-4-12(15)5-7-13/h4-7,11H,2-3,8-10,16H2,1H3,(H,17,18). The molecule has 3 N–H and O–H groups in total. The second-order valence-corrected chi connectivity index (χ2v) is 6.13. The van der Waals surface area contributed by atoms with Crippen molar-refractivity contribution in [1.29, 1.82) is 0 Å². The summed E-state index contributed by atoms with van der Waals surface area (Å²) in [4.78, 5) is 12.7. The Kier molecular flexibility index (Phi) is 7.94. The van der Waals surface area contributed by atoms with Gasteiger partial charge in [-0.15, -0.1) is 11.8 Å². The number of thioether (sulfide) groups is 1. The lowest BCUT2D eigenvalue weighted by molar-refractivity contribution is -0.121. The van der Waals surface area contributed by atoms with E-state index in [0.29, 0.717) is 13.0 Å². The molecule has 1 unspecified atom stereocenters. The van der Waals surface area contributed by atoms with Crippen LogP contribution in [0, 0.1) is 0 Å². The minimum atomic E-state index is 0.109. The maximum atomic E-state index is 11.5. The summed E-state index contributed by atoms with van der Waals surface area (Å²) in [6.45, 7) is 2.61. The van der Waals surface area contributed by atoms with Crippen LogP contribution in [-0.4, -0.2) is 24.2 Å². The monoisotopic (exact) mass is 300 g/mol. The SMILES string of the molecule is CC(N)CCNC(=O)CCCSc1ccc(Cl)cc1. The summed E-state index contributed by atoms with van der Waals surface area (Å²) in [5, 5.41) is 3.62. The minimum Gasteiger partial charge on any atom is -0.356 e. The molecule has 0 saturated heterocycles. The molecular weight excluding hydrogens is 280 g/mol. The molecule has 0 aliphatic carbocycles.